The van der Waals surface area contributed by atoms with Gasteiger partial charge in [0.1, 0.15) is 24.0 Å². The number of nitriles is 1. The van der Waals surface area contributed by atoms with Crippen LogP contribution in [0.15, 0.2) is 48.5 Å². The number of piperidine rings is 1. The van der Waals surface area contributed by atoms with Gasteiger partial charge in [-0.3, -0.25) is 48.8 Å². The molecule has 1 saturated carbocycles. The number of hydrogen-bond donors (Lipinski definition) is 2. The number of carbonyl (C=O) groups excluding carboxylic acids is 6. The van der Waals surface area contributed by atoms with Gasteiger partial charge in [0.15, 0.2) is 0 Å². The minimum absolute atomic E-state index is 0.0326. The van der Waals surface area contributed by atoms with Crippen LogP contribution in [0.5, 0.6) is 5.75 Å². The summed E-state index contributed by atoms with van der Waals surface area (Å²) in [5.74, 6) is -1.63. The lowest BCUT2D eigenvalue weighted by molar-refractivity contribution is -0.164. The molecule has 9 rings (SSSR count). The van der Waals surface area contributed by atoms with Crippen molar-refractivity contribution in [1.82, 2.24) is 30.2 Å². The minimum Gasteiger partial charge on any atom is -0.489 e. The van der Waals surface area contributed by atoms with Gasteiger partial charge >= 0.3 is 0 Å². The molecule has 0 spiro atoms. The van der Waals surface area contributed by atoms with Crippen LogP contribution in [-0.2, 0) is 40.4 Å². The maximum atomic E-state index is 13.7. The smallest absolute Gasteiger partial charge is 0.262 e. The van der Waals surface area contributed by atoms with Gasteiger partial charge in [-0.05, 0) is 71.5 Å². The number of amides is 6. The predicted octanol–water partition coefficient (Wildman–Crippen LogP) is 3.81. The van der Waals surface area contributed by atoms with E-state index < -0.39 is 29.7 Å². The summed E-state index contributed by atoms with van der Waals surface area (Å²) in [6, 6.07) is 15.6. The van der Waals surface area contributed by atoms with Crippen LogP contribution in [0.25, 0.3) is 0 Å². The third kappa shape index (κ3) is 6.63. The number of hydrogen-bond acceptors (Lipinski definition) is 10. The molecule has 6 aliphatic rings. The van der Waals surface area contributed by atoms with Crippen molar-refractivity contribution in [2.24, 2.45) is 10.8 Å². The summed E-state index contributed by atoms with van der Waals surface area (Å²) in [6.07, 6.45) is 0.771. The van der Waals surface area contributed by atoms with Crippen LogP contribution in [0.2, 0.25) is 5.02 Å². The minimum atomic E-state index is -1.01. The fourth-order valence-corrected chi connectivity index (χ4v) is 10.8. The zero-order valence-corrected chi connectivity index (χ0v) is 34.7. The molecule has 0 bridgehead atoms. The highest BCUT2D eigenvalue weighted by Crippen LogP contribution is 2.55. The average molecular weight is 832 g/mol. The molecule has 15 heteroatoms. The number of ether oxygens (including phenoxy) is 1. The Morgan fingerprint density at radius 3 is 2.20 bits per heavy atom. The van der Waals surface area contributed by atoms with E-state index in [9.17, 15) is 34.0 Å². The second-order valence-electron chi connectivity index (χ2n) is 18.2. The molecule has 310 valence electrons. The van der Waals surface area contributed by atoms with Crippen molar-refractivity contribution < 1.29 is 33.5 Å². The van der Waals surface area contributed by atoms with Gasteiger partial charge in [0.25, 0.3) is 17.7 Å². The quantitative estimate of drug-likeness (QED) is 0.318. The Balaban J connectivity index is 0.753. The van der Waals surface area contributed by atoms with Gasteiger partial charge in [-0.25, -0.2) is 0 Å². The Morgan fingerprint density at radius 1 is 0.883 bits per heavy atom. The maximum Gasteiger partial charge on any atom is 0.262 e. The van der Waals surface area contributed by atoms with Crippen molar-refractivity contribution in [3.8, 4) is 11.8 Å². The SMILES string of the molecule is CC1(C)[C@H](NC(=O)c2ccc3c(c2)CCN(C2CN(C(=O)CN4Cc5cc6c(cc5C4)C(=O)N(C4CCC(=O)NC4=O)C6=O)C2)C3)C(C)(C)[C@H]1Oc1ccc(C#N)c(Cl)c1. The van der Waals surface area contributed by atoms with Crippen LogP contribution < -0.4 is 15.4 Å². The molecular weight excluding hydrogens is 786 g/mol. The monoisotopic (exact) mass is 831 g/mol. The number of nitrogens with one attached hydrogen (secondary N) is 2. The van der Waals surface area contributed by atoms with E-state index in [2.05, 4.69) is 49.3 Å². The first-order valence-corrected chi connectivity index (χ1v) is 20.8. The number of rotatable bonds is 8. The fourth-order valence-electron chi connectivity index (χ4n) is 10.6. The number of halogens is 1. The predicted molar refractivity (Wildman–Crippen MR) is 218 cm³/mol. The second-order valence-corrected chi connectivity index (χ2v) is 18.6. The average Bonchev–Trinajstić information content (AvgIpc) is 3.69. The van der Waals surface area contributed by atoms with Crippen LogP contribution in [0.1, 0.15) is 99.4 Å². The van der Waals surface area contributed by atoms with Gasteiger partial charge in [0.2, 0.25) is 17.7 Å². The topological polar surface area (TPSA) is 172 Å². The zero-order chi connectivity index (χ0) is 42.4. The van der Waals surface area contributed by atoms with Crippen LogP contribution in [0.4, 0.5) is 0 Å². The molecule has 0 radical (unpaired) electrons. The Kier molecular flexibility index (Phi) is 9.65. The molecule has 2 N–H and O–H groups in total. The lowest BCUT2D eigenvalue weighted by Gasteiger charge is -2.63. The van der Waals surface area contributed by atoms with E-state index in [0.717, 1.165) is 41.1 Å². The maximum absolute atomic E-state index is 13.7. The van der Waals surface area contributed by atoms with Gasteiger partial charge in [-0.15, -0.1) is 0 Å². The van der Waals surface area contributed by atoms with E-state index in [1.807, 2.05) is 28.0 Å². The Labute approximate surface area is 352 Å². The standard InChI is InChI=1S/C45H46ClN7O7/c1-44(2)42(45(3,4)43(44)60-31-8-7-26(17-47)34(46)16-31)49-38(56)25-5-6-27-20-51(12-11-24(27)13-25)30-21-52(22-30)37(55)23-50-18-28-14-32-33(15-29(28)19-50)41(59)53(40(32)58)35-9-10-36(54)48-39(35)57/h5-8,13-16,30,35,42-43H,9-12,18-23H2,1-4H3,(H,49,56)(H,48,54,57)/t35?,42-,43-. The van der Waals surface area contributed by atoms with Crippen molar-refractivity contribution in [3.05, 3.63) is 98.1 Å². The Bertz CT molecular complexity index is 2390. The van der Waals surface area contributed by atoms with Gasteiger partial charge < -0.3 is 15.0 Å². The van der Waals surface area contributed by atoms with Crippen LogP contribution in [-0.4, -0.2) is 105 Å². The van der Waals surface area contributed by atoms with E-state index in [1.165, 1.54) is 5.56 Å². The molecule has 1 aliphatic carbocycles. The number of carbonyl (C=O) groups is 6. The van der Waals surface area contributed by atoms with Crippen molar-refractivity contribution in [1.29, 1.82) is 5.26 Å². The molecule has 1 atom stereocenters. The number of nitrogens with zero attached hydrogens (tertiary/aromatic N) is 5. The number of benzene rings is 3. The summed E-state index contributed by atoms with van der Waals surface area (Å²) in [4.78, 5) is 85.0. The Hall–Kier alpha value is -5.62. The van der Waals surface area contributed by atoms with Crippen molar-refractivity contribution in [3.63, 3.8) is 0 Å². The summed E-state index contributed by atoms with van der Waals surface area (Å²) in [5, 5.41) is 15.1. The second kappa shape index (κ2) is 14.5. The lowest BCUT2D eigenvalue weighted by atomic mass is 9.49. The molecule has 60 heavy (non-hydrogen) atoms. The summed E-state index contributed by atoms with van der Waals surface area (Å²) < 4.78 is 6.39. The summed E-state index contributed by atoms with van der Waals surface area (Å²) in [7, 11) is 0. The number of imide groups is 2. The van der Waals surface area contributed by atoms with Crippen LogP contribution in [0, 0.1) is 22.2 Å². The van der Waals surface area contributed by atoms with Crippen LogP contribution in [0.3, 0.4) is 0 Å². The Morgan fingerprint density at radius 2 is 1.57 bits per heavy atom. The van der Waals surface area contributed by atoms with Gasteiger partial charge in [-0.2, -0.15) is 5.26 Å². The number of fused-ring (bicyclic) bond motifs is 3. The van der Waals surface area contributed by atoms with Crippen molar-refractivity contribution >= 4 is 47.0 Å². The van der Waals surface area contributed by atoms with E-state index in [4.69, 9.17) is 16.3 Å². The summed E-state index contributed by atoms with van der Waals surface area (Å²) in [5.41, 5.74) is 4.86. The van der Waals surface area contributed by atoms with E-state index in [1.54, 1.807) is 30.3 Å². The first kappa shape index (κ1) is 39.8. The molecule has 0 aromatic heterocycles. The molecule has 3 aromatic carbocycles. The van der Waals surface area contributed by atoms with E-state index >= 15 is 0 Å². The molecule has 5 aliphatic heterocycles. The molecule has 3 fully saturated rings. The van der Waals surface area contributed by atoms with Gasteiger partial charge in [0.05, 0.1) is 28.3 Å². The third-order valence-corrected chi connectivity index (χ3v) is 13.9. The van der Waals surface area contributed by atoms with Gasteiger partial charge in [0, 0.05) is 80.2 Å². The molecular formula is C45H46ClN7O7. The highest BCUT2D eigenvalue weighted by molar-refractivity contribution is 6.31. The fraction of sp³-hybridized carbons (Fsp3) is 0.444. The lowest BCUT2D eigenvalue weighted by Crippen LogP contribution is -2.74. The summed E-state index contributed by atoms with van der Waals surface area (Å²) in [6.45, 7) is 12.3. The third-order valence-electron chi connectivity index (χ3n) is 13.6. The summed E-state index contributed by atoms with van der Waals surface area (Å²) >= 11 is 6.26. The molecule has 5 heterocycles. The largest absolute Gasteiger partial charge is 0.489 e. The molecule has 6 amide bonds. The highest BCUT2D eigenvalue weighted by atomic mass is 35.5. The highest BCUT2D eigenvalue weighted by Gasteiger charge is 2.64. The molecule has 2 saturated heterocycles. The number of likely N-dealkylation sites (tertiary alicyclic amines) is 1. The van der Waals surface area contributed by atoms with Crippen molar-refractivity contribution in [2.45, 2.75) is 90.8 Å². The normalized spacial score (nSPS) is 24.4. The first-order chi connectivity index (χ1) is 28.5. The molecule has 1 unspecified atom stereocenters. The first-order valence-electron chi connectivity index (χ1n) is 20.4. The molecule has 14 nitrogen and oxygen atoms in total. The van der Waals surface area contributed by atoms with E-state index in [0.29, 0.717) is 48.1 Å². The van der Waals surface area contributed by atoms with Crippen molar-refractivity contribution in [2.75, 3.05) is 26.2 Å². The van der Waals surface area contributed by atoms with E-state index in [-0.39, 0.29) is 71.3 Å². The molecule has 3 aromatic rings. The van der Waals surface area contributed by atoms with Crippen LogP contribution >= 0.6 is 11.6 Å². The zero-order valence-electron chi connectivity index (χ0n) is 34.0. The van der Waals surface area contributed by atoms with Gasteiger partial charge in [-0.1, -0.05) is 45.4 Å².